The van der Waals surface area contributed by atoms with Crippen LogP contribution in [-0.4, -0.2) is 31.4 Å². The van der Waals surface area contributed by atoms with E-state index in [1.807, 2.05) is 32.0 Å². The van der Waals surface area contributed by atoms with Crippen LogP contribution in [0.2, 0.25) is 0 Å². The number of hydrogen-bond donors (Lipinski definition) is 3. The van der Waals surface area contributed by atoms with E-state index >= 15 is 0 Å². The summed E-state index contributed by atoms with van der Waals surface area (Å²) in [6.07, 6.45) is 1.99. The molecule has 0 aromatic heterocycles. The molecule has 5 heteroatoms. The molecule has 3 N–H and O–H groups in total. The Morgan fingerprint density at radius 3 is 2.57 bits per heavy atom. The number of aryl methyl sites for hydroxylation is 1. The van der Waals surface area contributed by atoms with Crippen molar-refractivity contribution in [2.24, 2.45) is 5.92 Å². The number of rotatable bonds is 7. The number of carbonyl (C=O) groups is 2. The molecule has 0 aliphatic heterocycles. The summed E-state index contributed by atoms with van der Waals surface area (Å²) in [5, 5.41) is 8.87. The lowest BCUT2D eigenvalue weighted by molar-refractivity contribution is -0.122. The van der Waals surface area contributed by atoms with Crippen LogP contribution in [0.1, 0.15) is 35.7 Å². The standard InChI is InChI=1S/C16H23N3O2/c1-3-17-14-10-11(2)4-7-13(14)16(21)19-9-8-18-15(20)12-5-6-12/h4,7,10,12,17H,3,5-6,8-9H2,1-2H3,(H,18,20)(H,19,21). The first-order chi connectivity index (χ1) is 10.1. The molecule has 0 bridgehead atoms. The number of anilines is 1. The van der Waals surface area contributed by atoms with Crippen LogP contribution in [0.4, 0.5) is 5.69 Å². The smallest absolute Gasteiger partial charge is 0.253 e. The maximum Gasteiger partial charge on any atom is 0.253 e. The molecule has 1 aliphatic rings. The van der Waals surface area contributed by atoms with Gasteiger partial charge in [-0.15, -0.1) is 0 Å². The van der Waals surface area contributed by atoms with Crippen molar-refractivity contribution in [1.82, 2.24) is 10.6 Å². The molecule has 1 aromatic rings. The molecule has 114 valence electrons. The van der Waals surface area contributed by atoms with Gasteiger partial charge in [0.2, 0.25) is 5.91 Å². The quantitative estimate of drug-likeness (QED) is 0.669. The average Bonchev–Trinajstić information content (AvgIpc) is 3.28. The number of carbonyl (C=O) groups excluding carboxylic acids is 2. The summed E-state index contributed by atoms with van der Waals surface area (Å²) < 4.78 is 0. The van der Waals surface area contributed by atoms with Crippen molar-refractivity contribution in [3.63, 3.8) is 0 Å². The molecular formula is C16H23N3O2. The summed E-state index contributed by atoms with van der Waals surface area (Å²) in [6.45, 7) is 5.68. The van der Waals surface area contributed by atoms with Gasteiger partial charge in [0.05, 0.1) is 5.56 Å². The molecule has 0 radical (unpaired) electrons. The Bertz CT molecular complexity index is 524. The van der Waals surface area contributed by atoms with Crippen molar-refractivity contribution in [1.29, 1.82) is 0 Å². The van der Waals surface area contributed by atoms with Crippen LogP contribution in [0.15, 0.2) is 18.2 Å². The van der Waals surface area contributed by atoms with E-state index in [-0.39, 0.29) is 17.7 Å². The molecule has 1 fully saturated rings. The van der Waals surface area contributed by atoms with Crippen molar-refractivity contribution in [2.75, 3.05) is 25.0 Å². The second-order valence-electron chi connectivity index (χ2n) is 5.40. The van der Waals surface area contributed by atoms with Gasteiger partial charge in [0.25, 0.3) is 5.91 Å². The molecule has 1 saturated carbocycles. The third-order valence-electron chi connectivity index (χ3n) is 3.44. The van der Waals surface area contributed by atoms with Gasteiger partial charge >= 0.3 is 0 Å². The lowest BCUT2D eigenvalue weighted by Crippen LogP contribution is -2.35. The molecule has 0 unspecified atom stereocenters. The first kappa shape index (κ1) is 15.4. The van der Waals surface area contributed by atoms with E-state index < -0.39 is 0 Å². The Balaban J connectivity index is 1.83. The SMILES string of the molecule is CCNc1cc(C)ccc1C(=O)NCCNC(=O)C1CC1. The van der Waals surface area contributed by atoms with Crippen LogP contribution in [-0.2, 0) is 4.79 Å². The van der Waals surface area contributed by atoms with Gasteiger partial charge in [-0.2, -0.15) is 0 Å². The molecule has 21 heavy (non-hydrogen) atoms. The summed E-state index contributed by atoms with van der Waals surface area (Å²) in [5.74, 6) is 0.192. The number of nitrogens with one attached hydrogen (secondary N) is 3. The normalized spacial score (nSPS) is 13.6. The molecule has 1 aromatic carbocycles. The first-order valence-corrected chi connectivity index (χ1v) is 7.52. The van der Waals surface area contributed by atoms with Crippen LogP contribution < -0.4 is 16.0 Å². The third-order valence-corrected chi connectivity index (χ3v) is 3.44. The highest BCUT2D eigenvalue weighted by atomic mass is 16.2. The largest absolute Gasteiger partial charge is 0.385 e. The zero-order valence-electron chi connectivity index (χ0n) is 12.7. The Morgan fingerprint density at radius 1 is 1.19 bits per heavy atom. The maximum absolute atomic E-state index is 12.2. The third kappa shape index (κ3) is 4.48. The van der Waals surface area contributed by atoms with Gasteiger partial charge in [-0.25, -0.2) is 0 Å². The monoisotopic (exact) mass is 289 g/mol. The topological polar surface area (TPSA) is 70.2 Å². The fourth-order valence-electron chi connectivity index (χ4n) is 2.14. The second-order valence-corrected chi connectivity index (χ2v) is 5.40. The van der Waals surface area contributed by atoms with Gasteiger partial charge in [-0.05, 0) is 44.4 Å². The van der Waals surface area contributed by atoms with E-state index in [9.17, 15) is 9.59 Å². The van der Waals surface area contributed by atoms with Gasteiger partial charge in [-0.3, -0.25) is 9.59 Å². The van der Waals surface area contributed by atoms with Crippen molar-refractivity contribution in [2.45, 2.75) is 26.7 Å². The van der Waals surface area contributed by atoms with Gasteiger partial charge < -0.3 is 16.0 Å². The van der Waals surface area contributed by atoms with Crippen molar-refractivity contribution >= 4 is 17.5 Å². The van der Waals surface area contributed by atoms with Crippen LogP contribution in [0.3, 0.4) is 0 Å². The van der Waals surface area contributed by atoms with E-state index in [0.29, 0.717) is 18.7 Å². The summed E-state index contributed by atoms with van der Waals surface area (Å²) in [5.41, 5.74) is 2.59. The number of benzene rings is 1. The summed E-state index contributed by atoms with van der Waals surface area (Å²) in [7, 11) is 0. The molecular weight excluding hydrogens is 266 g/mol. The molecule has 1 aliphatic carbocycles. The van der Waals surface area contributed by atoms with E-state index in [1.54, 1.807) is 0 Å². The van der Waals surface area contributed by atoms with Crippen LogP contribution in [0.25, 0.3) is 0 Å². The summed E-state index contributed by atoms with van der Waals surface area (Å²) in [4.78, 5) is 23.6. The Morgan fingerprint density at radius 2 is 1.90 bits per heavy atom. The zero-order valence-corrected chi connectivity index (χ0v) is 12.7. The summed E-state index contributed by atoms with van der Waals surface area (Å²) in [6, 6.07) is 5.71. The fraction of sp³-hybridized carbons (Fsp3) is 0.500. The highest BCUT2D eigenvalue weighted by Crippen LogP contribution is 2.28. The van der Waals surface area contributed by atoms with Crippen molar-refractivity contribution < 1.29 is 9.59 Å². The van der Waals surface area contributed by atoms with Gasteiger partial charge in [0, 0.05) is 31.2 Å². The second kappa shape index (κ2) is 7.11. The number of amides is 2. The van der Waals surface area contributed by atoms with E-state index in [2.05, 4.69) is 16.0 Å². The molecule has 0 heterocycles. The van der Waals surface area contributed by atoms with Crippen molar-refractivity contribution in [3.05, 3.63) is 29.3 Å². The minimum absolute atomic E-state index is 0.105. The minimum Gasteiger partial charge on any atom is -0.385 e. The van der Waals surface area contributed by atoms with Gasteiger partial charge in [0.15, 0.2) is 0 Å². The zero-order chi connectivity index (χ0) is 15.2. The highest BCUT2D eigenvalue weighted by Gasteiger charge is 2.29. The highest BCUT2D eigenvalue weighted by molar-refractivity contribution is 5.99. The maximum atomic E-state index is 12.2. The van der Waals surface area contributed by atoms with Crippen LogP contribution in [0, 0.1) is 12.8 Å². The molecule has 2 rings (SSSR count). The molecule has 5 nitrogen and oxygen atoms in total. The predicted octanol–water partition coefficient (Wildman–Crippen LogP) is 1.68. The lowest BCUT2D eigenvalue weighted by Gasteiger charge is -2.12. The minimum atomic E-state index is -0.119. The molecule has 0 saturated heterocycles. The van der Waals surface area contributed by atoms with Gasteiger partial charge in [-0.1, -0.05) is 6.07 Å². The Labute approximate surface area is 125 Å². The van der Waals surface area contributed by atoms with Crippen molar-refractivity contribution in [3.8, 4) is 0 Å². The molecule has 0 atom stereocenters. The molecule has 0 spiro atoms. The van der Waals surface area contributed by atoms with Crippen LogP contribution >= 0.6 is 0 Å². The van der Waals surface area contributed by atoms with E-state index in [1.165, 1.54) is 0 Å². The van der Waals surface area contributed by atoms with E-state index in [4.69, 9.17) is 0 Å². The summed E-state index contributed by atoms with van der Waals surface area (Å²) >= 11 is 0. The first-order valence-electron chi connectivity index (χ1n) is 7.52. The molecule has 2 amide bonds. The average molecular weight is 289 g/mol. The van der Waals surface area contributed by atoms with Crippen LogP contribution in [0.5, 0.6) is 0 Å². The fourth-order valence-corrected chi connectivity index (χ4v) is 2.14. The Kier molecular flexibility index (Phi) is 5.20. The van der Waals surface area contributed by atoms with Gasteiger partial charge in [0.1, 0.15) is 0 Å². The number of hydrogen-bond acceptors (Lipinski definition) is 3. The predicted molar refractivity (Wildman–Crippen MR) is 83.4 cm³/mol. The van der Waals surface area contributed by atoms with E-state index in [0.717, 1.165) is 30.6 Å². The Hall–Kier alpha value is -2.04. The lowest BCUT2D eigenvalue weighted by atomic mass is 10.1.